The molecule has 1 aromatic carbocycles. The Balaban J connectivity index is 0.00000200. The summed E-state index contributed by atoms with van der Waals surface area (Å²) in [4.78, 5) is 12.1. The first-order valence-corrected chi connectivity index (χ1v) is 5.61. The third kappa shape index (κ3) is 3.89. The van der Waals surface area contributed by atoms with Gasteiger partial charge < -0.3 is 9.84 Å². The zero-order valence-electron chi connectivity index (χ0n) is 11.2. The summed E-state index contributed by atoms with van der Waals surface area (Å²) in [6.07, 6.45) is 1.45. The summed E-state index contributed by atoms with van der Waals surface area (Å²) in [5.74, 6) is -1.50. The van der Waals surface area contributed by atoms with Gasteiger partial charge in [0.25, 0.3) is 0 Å². The molecular formula is C12H11N4NaO3. The first kappa shape index (κ1) is 16.4. The molecule has 0 atom stereocenters. The molecule has 0 fully saturated rings. The van der Waals surface area contributed by atoms with E-state index in [1.165, 1.54) is 6.21 Å². The Hall–Kier alpha value is -1.70. The molecule has 20 heavy (non-hydrogen) atoms. The van der Waals surface area contributed by atoms with Crippen molar-refractivity contribution in [3.63, 3.8) is 0 Å². The average Bonchev–Trinajstić information content (AvgIpc) is 2.79. The number of carbonyl (C=O) groups is 1. The van der Waals surface area contributed by atoms with E-state index in [-0.39, 0.29) is 41.9 Å². The molecule has 0 aliphatic carbocycles. The summed E-state index contributed by atoms with van der Waals surface area (Å²) < 4.78 is 4.68. The van der Waals surface area contributed by atoms with Crippen molar-refractivity contribution < 1.29 is 44.2 Å². The number of rotatable bonds is 4. The summed E-state index contributed by atoms with van der Waals surface area (Å²) in [7, 11) is 0. The minimum atomic E-state index is -0.798. The minimum absolute atomic E-state index is 0. The largest absolute Gasteiger partial charge is 1.00 e. The van der Waals surface area contributed by atoms with Crippen LogP contribution in [-0.2, 0) is 4.74 Å². The van der Waals surface area contributed by atoms with Crippen LogP contribution in [0.1, 0.15) is 23.0 Å². The molecule has 0 saturated carbocycles. The third-order valence-corrected chi connectivity index (χ3v) is 2.20. The Morgan fingerprint density at radius 2 is 2.15 bits per heavy atom. The zero-order chi connectivity index (χ0) is 13.7. The molecule has 7 nitrogen and oxygen atoms in total. The van der Waals surface area contributed by atoms with Gasteiger partial charge in [0.1, 0.15) is 0 Å². The Labute approximate surface area is 137 Å². The van der Waals surface area contributed by atoms with Crippen LogP contribution in [0.5, 0.6) is 5.88 Å². The van der Waals surface area contributed by atoms with Crippen LogP contribution in [-0.4, -0.2) is 33.9 Å². The van der Waals surface area contributed by atoms with Crippen LogP contribution in [0.25, 0.3) is 0 Å². The summed E-state index contributed by atoms with van der Waals surface area (Å²) >= 11 is 0. The fourth-order valence-electron chi connectivity index (χ4n) is 1.33. The molecule has 0 radical (unpaired) electrons. The molecule has 0 aliphatic heterocycles. The molecule has 0 bridgehead atoms. The first-order chi connectivity index (χ1) is 9.22. The molecule has 2 rings (SSSR count). The molecule has 0 aliphatic rings. The van der Waals surface area contributed by atoms with Gasteiger partial charge in [-0.1, -0.05) is 30.3 Å². The Kier molecular flexibility index (Phi) is 6.37. The monoisotopic (exact) mass is 282 g/mol. The van der Waals surface area contributed by atoms with E-state index in [2.05, 4.69) is 20.2 Å². The van der Waals surface area contributed by atoms with Crippen molar-refractivity contribution in [1.82, 2.24) is 15.1 Å². The van der Waals surface area contributed by atoms with Crippen molar-refractivity contribution in [2.45, 2.75) is 6.92 Å². The van der Waals surface area contributed by atoms with Gasteiger partial charge in [-0.3, -0.25) is 0 Å². The van der Waals surface area contributed by atoms with Gasteiger partial charge in [-0.05, 0) is 17.7 Å². The maximum Gasteiger partial charge on any atom is 1.00 e. The molecule has 0 spiro atoms. The van der Waals surface area contributed by atoms with E-state index in [1.807, 2.05) is 30.3 Å². The van der Waals surface area contributed by atoms with Crippen molar-refractivity contribution in [1.29, 1.82) is 0 Å². The number of benzene rings is 1. The van der Waals surface area contributed by atoms with Gasteiger partial charge in [-0.15, -0.1) is 9.89 Å². The van der Waals surface area contributed by atoms with Crippen molar-refractivity contribution in [2.75, 3.05) is 6.61 Å². The fourth-order valence-corrected chi connectivity index (χ4v) is 1.33. The quantitative estimate of drug-likeness (QED) is 0.349. The molecule has 1 heterocycles. The molecular weight excluding hydrogens is 271 g/mol. The molecule has 98 valence electrons. The van der Waals surface area contributed by atoms with E-state index in [9.17, 15) is 9.90 Å². The number of ether oxygens (including phenoxy) is 1. The maximum atomic E-state index is 11.7. The minimum Gasteiger partial charge on any atom is -0.856 e. The number of hydrogen-bond acceptors (Lipinski definition) is 6. The van der Waals surface area contributed by atoms with Gasteiger partial charge in [0.05, 0.1) is 12.8 Å². The van der Waals surface area contributed by atoms with Crippen LogP contribution < -0.4 is 34.7 Å². The van der Waals surface area contributed by atoms with Gasteiger partial charge in [0.2, 0.25) is 0 Å². The SMILES string of the molecule is CCOC(=O)c1nnn(/N=C/c2ccccc2)c1[O-].[Na+]. The Morgan fingerprint density at radius 3 is 2.80 bits per heavy atom. The van der Waals surface area contributed by atoms with E-state index < -0.39 is 11.8 Å². The van der Waals surface area contributed by atoms with E-state index >= 15 is 0 Å². The molecule has 0 amide bonds. The predicted octanol–water partition coefficient (Wildman–Crippen LogP) is -2.59. The van der Waals surface area contributed by atoms with Crippen LogP contribution >= 0.6 is 0 Å². The smallest absolute Gasteiger partial charge is 0.856 e. The second-order valence-corrected chi connectivity index (χ2v) is 3.51. The first-order valence-electron chi connectivity index (χ1n) is 5.61. The summed E-state index contributed by atoms with van der Waals surface area (Å²) in [5.41, 5.74) is 0.433. The second kappa shape index (κ2) is 7.78. The van der Waals surface area contributed by atoms with Crippen LogP contribution in [0.3, 0.4) is 0 Å². The number of nitrogens with zero attached hydrogens (tertiary/aromatic N) is 4. The van der Waals surface area contributed by atoms with Crippen LogP contribution in [0.2, 0.25) is 0 Å². The number of aromatic nitrogens is 3. The number of esters is 1. The summed E-state index contributed by atoms with van der Waals surface area (Å²) in [6.45, 7) is 1.80. The standard InChI is InChI=1S/C12H12N4O3.Na/c1-2-19-12(18)10-11(17)16(15-14-10)13-8-9-6-4-3-5-7-9;/h3-8,17H,2H2,1H3;/q;+1/p-1/b13-8+;. The van der Waals surface area contributed by atoms with Crippen molar-refractivity contribution in [3.8, 4) is 5.88 Å². The van der Waals surface area contributed by atoms with E-state index in [0.717, 1.165) is 10.4 Å². The van der Waals surface area contributed by atoms with Gasteiger partial charge in [0.15, 0.2) is 5.69 Å². The van der Waals surface area contributed by atoms with E-state index in [4.69, 9.17) is 0 Å². The van der Waals surface area contributed by atoms with Crippen molar-refractivity contribution >= 4 is 12.2 Å². The molecule has 0 unspecified atom stereocenters. The predicted molar refractivity (Wildman–Crippen MR) is 64.9 cm³/mol. The molecule has 0 saturated heterocycles. The van der Waals surface area contributed by atoms with Gasteiger partial charge in [-0.2, -0.15) is 5.10 Å². The zero-order valence-corrected chi connectivity index (χ0v) is 13.2. The molecule has 8 heteroatoms. The molecule has 2 aromatic rings. The Morgan fingerprint density at radius 1 is 1.45 bits per heavy atom. The number of carbonyl (C=O) groups excluding carboxylic acids is 1. The van der Waals surface area contributed by atoms with Crippen molar-refractivity contribution in [3.05, 3.63) is 41.6 Å². The number of hydrogen-bond donors (Lipinski definition) is 0. The fraction of sp³-hybridized carbons (Fsp3) is 0.167. The Bertz CT molecular complexity index is 598. The van der Waals surface area contributed by atoms with E-state index in [0.29, 0.717) is 0 Å². The van der Waals surface area contributed by atoms with E-state index in [1.54, 1.807) is 6.92 Å². The van der Waals surface area contributed by atoms with Crippen LogP contribution in [0.15, 0.2) is 35.4 Å². The van der Waals surface area contributed by atoms with Crippen molar-refractivity contribution in [2.24, 2.45) is 5.10 Å². The average molecular weight is 282 g/mol. The summed E-state index contributed by atoms with van der Waals surface area (Å²) in [6, 6.07) is 9.18. The van der Waals surface area contributed by atoms with Gasteiger partial charge in [0, 0.05) is 5.88 Å². The second-order valence-electron chi connectivity index (χ2n) is 3.51. The van der Waals surface area contributed by atoms with Crippen LogP contribution in [0, 0.1) is 0 Å². The molecule has 0 N–H and O–H groups in total. The topological polar surface area (TPSA) is 92.4 Å². The normalized spacial score (nSPS) is 10.2. The molecule has 1 aromatic heterocycles. The maximum absolute atomic E-state index is 11.7. The van der Waals surface area contributed by atoms with Gasteiger partial charge in [-0.25, -0.2) is 4.79 Å². The summed E-state index contributed by atoms with van der Waals surface area (Å²) in [5, 5.41) is 22.5. The third-order valence-electron chi connectivity index (χ3n) is 2.20. The van der Waals surface area contributed by atoms with Crippen LogP contribution in [0.4, 0.5) is 0 Å². The van der Waals surface area contributed by atoms with Gasteiger partial charge >= 0.3 is 35.5 Å².